The molecule has 0 amide bonds. The van der Waals surface area contributed by atoms with Gasteiger partial charge in [0.05, 0.1) is 12.7 Å². The Morgan fingerprint density at radius 3 is 2.43 bits per heavy atom. The fraction of sp³-hybridized carbons (Fsp3) is 0.538. The van der Waals surface area contributed by atoms with E-state index in [1.54, 1.807) is 0 Å². The van der Waals surface area contributed by atoms with E-state index in [1.165, 1.54) is 0 Å². The Kier molecular flexibility index (Phi) is 4.91. The normalized spacial score (nSPS) is 10.5. The summed E-state index contributed by atoms with van der Waals surface area (Å²) in [6.45, 7) is 6.25. The molecule has 8 nitrogen and oxygen atoms in total. The first kappa shape index (κ1) is 15.0. The van der Waals surface area contributed by atoms with Crippen molar-refractivity contribution < 1.29 is 0 Å². The van der Waals surface area contributed by atoms with Gasteiger partial charge in [-0.1, -0.05) is 0 Å². The lowest BCUT2D eigenvalue weighted by molar-refractivity contribution is 0.635. The highest BCUT2D eigenvalue weighted by atomic mass is 15.3. The fourth-order valence-electron chi connectivity index (χ4n) is 1.75. The monoisotopic (exact) mass is 290 g/mol. The molecule has 0 bridgehead atoms. The molecule has 0 spiro atoms. The second-order valence-electron chi connectivity index (χ2n) is 4.91. The number of nitrogens with zero attached hydrogens (tertiary/aromatic N) is 6. The average Bonchev–Trinajstić information content (AvgIpc) is 2.84. The molecular weight excluding hydrogens is 268 g/mol. The molecule has 0 aliphatic heterocycles. The van der Waals surface area contributed by atoms with Gasteiger partial charge in [-0.2, -0.15) is 20.1 Å². The van der Waals surface area contributed by atoms with Crippen molar-refractivity contribution in [2.75, 3.05) is 42.7 Å². The predicted octanol–water partition coefficient (Wildman–Crippen LogP) is 0.986. The van der Waals surface area contributed by atoms with E-state index >= 15 is 0 Å². The maximum absolute atomic E-state index is 4.37. The smallest absolute Gasteiger partial charge is 0.231 e. The SMILES string of the molecule is CCNc1nc(NCCn2cc(C)cn2)nc(N(C)C)n1. The van der Waals surface area contributed by atoms with Crippen LogP contribution in [0.25, 0.3) is 0 Å². The first-order valence-corrected chi connectivity index (χ1v) is 6.98. The topological polar surface area (TPSA) is 83.8 Å². The standard InChI is InChI=1S/C13H22N8/c1-5-14-11-17-12(19-13(18-11)20(3)4)15-6-7-21-9-10(2)8-16-21/h8-9H,5-7H2,1-4H3,(H2,14,15,17,18,19). The van der Waals surface area contributed by atoms with Gasteiger partial charge in [-0.3, -0.25) is 4.68 Å². The second kappa shape index (κ2) is 6.87. The summed E-state index contributed by atoms with van der Waals surface area (Å²) < 4.78 is 1.89. The van der Waals surface area contributed by atoms with Crippen LogP contribution in [0.4, 0.5) is 17.8 Å². The van der Waals surface area contributed by atoms with E-state index in [9.17, 15) is 0 Å². The van der Waals surface area contributed by atoms with E-state index in [0.29, 0.717) is 24.4 Å². The van der Waals surface area contributed by atoms with Gasteiger partial charge in [-0.05, 0) is 19.4 Å². The van der Waals surface area contributed by atoms with Crippen molar-refractivity contribution >= 4 is 17.8 Å². The van der Waals surface area contributed by atoms with Crippen LogP contribution in [-0.2, 0) is 6.54 Å². The van der Waals surface area contributed by atoms with E-state index in [2.05, 4.69) is 30.7 Å². The highest BCUT2D eigenvalue weighted by Crippen LogP contribution is 2.11. The van der Waals surface area contributed by atoms with Crippen LogP contribution < -0.4 is 15.5 Å². The summed E-state index contributed by atoms with van der Waals surface area (Å²) in [5.41, 5.74) is 1.15. The van der Waals surface area contributed by atoms with Gasteiger partial charge in [0, 0.05) is 33.4 Å². The van der Waals surface area contributed by atoms with E-state index < -0.39 is 0 Å². The molecule has 0 radical (unpaired) electrons. The van der Waals surface area contributed by atoms with Crippen molar-refractivity contribution in [1.82, 2.24) is 24.7 Å². The summed E-state index contributed by atoms with van der Waals surface area (Å²) in [5, 5.41) is 10.6. The third-order valence-corrected chi connectivity index (χ3v) is 2.74. The number of aromatic nitrogens is 5. The van der Waals surface area contributed by atoms with Crippen LogP contribution in [0.5, 0.6) is 0 Å². The summed E-state index contributed by atoms with van der Waals surface area (Å²) in [6.07, 6.45) is 3.85. The zero-order chi connectivity index (χ0) is 15.2. The Labute approximate surface area is 124 Å². The van der Waals surface area contributed by atoms with Crippen LogP contribution in [0.3, 0.4) is 0 Å². The zero-order valence-corrected chi connectivity index (χ0v) is 13.0. The summed E-state index contributed by atoms with van der Waals surface area (Å²) in [7, 11) is 3.81. The Morgan fingerprint density at radius 1 is 1.14 bits per heavy atom. The molecule has 0 aliphatic carbocycles. The Bertz CT molecular complexity index is 577. The van der Waals surface area contributed by atoms with E-state index in [0.717, 1.165) is 18.7 Å². The maximum Gasteiger partial charge on any atom is 0.231 e. The molecule has 0 saturated heterocycles. The molecule has 21 heavy (non-hydrogen) atoms. The molecule has 0 unspecified atom stereocenters. The Balaban J connectivity index is 2.00. The van der Waals surface area contributed by atoms with Gasteiger partial charge in [-0.25, -0.2) is 0 Å². The van der Waals surface area contributed by atoms with Gasteiger partial charge in [0.2, 0.25) is 17.8 Å². The molecule has 8 heteroatoms. The Morgan fingerprint density at radius 2 is 1.86 bits per heavy atom. The summed E-state index contributed by atoms with van der Waals surface area (Å²) in [4.78, 5) is 14.9. The average molecular weight is 290 g/mol. The van der Waals surface area contributed by atoms with E-state index in [1.807, 2.05) is 49.9 Å². The lowest BCUT2D eigenvalue weighted by Crippen LogP contribution is -2.18. The van der Waals surface area contributed by atoms with Gasteiger partial charge >= 0.3 is 0 Å². The summed E-state index contributed by atoms with van der Waals surface area (Å²) in [5.74, 6) is 1.76. The van der Waals surface area contributed by atoms with Crippen molar-refractivity contribution in [2.24, 2.45) is 0 Å². The number of hydrogen-bond acceptors (Lipinski definition) is 7. The molecule has 0 fully saturated rings. The van der Waals surface area contributed by atoms with Crippen LogP contribution in [0.15, 0.2) is 12.4 Å². The predicted molar refractivity (Wildman–Crippen MR) is 83.8 cm³/mol. The largest absolute Gasteiger partial charge is 0.354 e. The lowest BCUT2D eigenvalue weighted by atomic mass is 10.4. The molecule has 0 saturated carbocycles. The maximum atomic E-state index is 4.37. The van der Waals surface area contributed by atoms with Crippen LogP contribution in [-0.4, -0.2) is 51.9 Å². The van der Waals surface area contributed by atoms with Gasteiger partial charge in [-0.15, -0.1) is 0 Å². The first-order valence-electron chi connectivity index (χ1n) is 6.98. The molecule has 2 aromatic heterocycles. The molecule has 114 valence electrons. The first-order chi connectivity index (χ1) is 10.1. The quantitative estimate of drug-likeness (QED) is 0.786. The molecule has 0 atom stereocenters. The van der Waals surface area contributed by atoms with Crippen LogP contribution in [0.2, 0.25) is 0 Å². The third kappa shape index (κ3) is 4.30. The minimum absolute atomic E-state index is 0.563. The van der Waals surface area contributed by atoms with Crippen LogP contribution in [0.1, 0.15) is 12.5 Å². The Hall–Kier alpha value is -2.38. The van der Waals surface area contributed by atoms with Gasteiger partial charge in [0.15, 0.2) is 0 Å². The number of nitrogens with one attached hydrogen (secondary N) is 2. The van der Waals surface area contributed by atoms with Crippen LogP contribution >= 0.6 is 0 Å². The van der Waals surface area contributed by atoms with Crippen molar-refractivity contribution in [3.8, 4) is 0 Å². The fourth-order valence-corrected chi connectivity index (χ4v) is 1.75. The molecule has 2 rings (SSSR count). The lowest BCUT2D eigenvalue weighted by Gasteiger charge is -2.13. The number of anilines is 3. The van der Waals surface area contributed by atoms with Crippen molar-refractivity contribution in [3.05, 3.63) is 18.0 Å². The van der Waals surface area contributed by atoms with Crippen LogP contribution in [0, 0.1) is 6.92 Å². The van der Waals surface area contributed by atoms with Crippen molar-refractivity contribution in [1.29, 1.82) is 0 Å². The molecule has 0 aliphatic rings. The van der Waals surface area contributed by atoms with Gasteiger partial charge in [0.1, 0.15) is 0 Å². The molecular formula is C13H22N8. The molecule has 2 heterocycles. The number of aryl methyl sites for hydroxylation is 1. The van der Waals surface area contributed by atoms with Gasteiger partial charge < -0.3 is 15.5 Å². The van der Waals surface area contributed by atoms with Gasteiger partial charge in [0.25, 0.3) is 0 Å². The second-order valence-corrected chi connectivity index (χ2v) is 4.91. The molecule has 2 N–H and O–H groups in total. The number of hydrogen-bond donors (Lipinski definition) is 2. The number of rotatable bonds is 7. The highest BCUT2D eigenvalue weighted by molar-refractivity contribution is 5.42. The highest BCUT2D eigenvalue weighted by Gasteiger charge is 2.07. The third-order valence-electron chi connectivity index (χ3n) is 2.74. The van der Waals surface area contributed by atoms with Crippen molar-refractivity contribution in [3.63, 3.8) is 0 Å². The minimum atomic E-state index is 0.563. The van der Waals surface area contributed by atoms with E-state index in [4.69, 9.17) is 0 Å². The molecule has 0 aromatic carbocycles. The molecule has 2 aromatic rings. The zero-order valence-electron chi connectivity index (χ0n) is 13.0. The minimum Gasteiger partial charge on any atom is -0.354 e. The van der Waals surface area contributed by atoms with E-state index in [-0.39, 0.29) is 0 Å². The summed E-state index contributed by atoms with van der Waals surface area (Å²) in [6, 6.07) is 0. The summed E-state index contributed by atoms with van der Waals surface area (Å²) >= 11 is 0. The van der Waals surface area contributed by atoms with Crippen molar-refractivity contribution in [2.45, 2.75) is 20.4 Å².